The van der Waals surface area contributed by atoms with Gasteiger partial charge in [0.2, 0.25) is 0 Å². The van der Waals surface area contributed by atoms with Crippen molar-refractivity contribution in [2.75, 3.05) is 46.7 Å². The van der Waals surface area contributed by atoms with Crippen molar-refractivity contribution in [3.05, 3.63) is 65.8 Å². The summed E-state index contributed by atoms with van der Waals surface area (Å²) in [6.45, 7) is 7.68. The molecule has 0 saturated carbocycles. The molecule has 2 aliphatic rings. The van der Waals surface area contributed by atoms with E-state index in [0.717, 1.165) is 0 Å². The molecule has 2 aromatic rings. The Balaban J connectivity index is 1.82. The number of methoxy groups -OCH3 is 1. The molecule has 0 unspecified atom stereocenters. The Morgan fingerprint density at radius 2 is 1.89 bits per heavy atom. The Morgan fingerprint density at radius 3 is 2.62 bits per heavy atom. The molecule has 0 aromatic heterocycles. The van der Waals surface area contributed by atoms with Crippen molar-refractivity contribution in [3.63, 3.8) is 0 Å². The van der Waals surface area contributed by atoms with Crippen molar-refractivity contribution in [3.8, 4) is 23.0 Å². The van der Waals surface area contributed by atoms with Gasteiger partial charge >= 0.3 is 0 Å². The van der Waals surface area contributed by atoms with E-state index in [1.165, 1.54) is 4.90 Å². The van der Waals surface area contributed by atoms with E-state index >= 15 is 0 Å². The molecule has 1 atom stereocenters. The highest BCUT2D eigenvalue weighted by molar-refractivity contribution is 6.46. The number of ketones is 1. The first-order chi connectivity index (χ1) is 18.0. The molecular weight excluding hydrogens is 478 g/mol. The van der Waals surface area contributed by atoms with E-state index in [9.17, 15) is 14.7 Å². The molecule has 1 amide bonds. The zero-order valence-electron chi connectivity index (χ0n) is 21.0. The number of rotatable bonds is 11. The molecule has 0 radical (unpaired) electrons. The van der Waals surface area contributed by atoms with Gasteiger partial charge in [0.1, 0.15) is 25.6 Å². The largest absolute Gasteiger partial charge is 0.507 e. The van der Waals surface area contributed by atoms with Gasteiger partial charge in [-0.2, -0.15) is 0 Å². The molecule has 1 N–H and O–H groups in total. The summed E-state index contributed by atoms with van der Waals surface area (Å²) < 4.78 is 27.8. The van der Waals surface area contributed by atoms with Gasteiger partial charge in [-0.05, 0) is 49.2 Å². The number of nitrogens with zero attached hydrogens (tertiary/aromatic N) is 1. The van der Waals surface area contributed by atoms with E-state index in [-0.39, 0.29) is 17.9 Å². The Kier molecular flexibility index (Phi) is 8.35. The van der Waals surface area contributed by atoms with Gasteiger partial charge in [-0.15, -0.1) is 0 Å². The summed E-state index contributed by atoms with van der Waals surface area (Å²) in [5.74, 6) is 0.237. The first-order valence-corrected chi connectivity index (χ1v) is 12.2. The number of hydrogen-bond donors (Lipinski definition) is 1. The lowest BCUT2D eigenvalue weighted by Gasteiger charge is -2.26. The van der Waals surface area contributed by atoms with Crippen LogP contribution in [0.1, 0.15) is 30.5 Å². The number of benzene rings is 2. The van der Waals surface area contributed by atoms with Crippen LogP contribution in [-0.2, 0) is 14.3 Å². The highest BCUT2D eigenvalue weighted by atomic mass is 16.6. The first kappa shape index (κ1) is 26.1. The van der Waals surface area contributed by atoms with Crippen LogP contribution in [-0.4, -0.2) is 68.4 Å². The monoisotopic (exact) mass is 509 g/mol. The number of carbonyl (C=O) groups excluding carboxylic acids is 2. The van der Waals surface area contributed by atoms with Gasteiger partial charge in [0.25, 0.3) is 11.7 Å². The molecule has 2 aliphatic heterocycles. The fraction of sp³-hybridized carbons (Fsp3) is 0.357. The summed E-state index contributed by atoms with van der Waals surface area (Å²) in [5, 5.41) is 11.4. The standard InChI is InChI=1S/C28H31NO8/c1-4-12-35-20-9-7-18(16-22(20)34-5-2)25-24(27(31)28(32)29(25)11-6-13-33-3)26(30)19-8-10-21-23(17-19)37-15-14-36-21/h4,7-10,16-17,25,30H,1,5-6,11-15H2,2-3H3/b26-24+/t25-/m0/s1. The minimum atomic E-state index is -0.835. The van der Waals surface area contributed by atoms with E-state index < -0.39 is 17.7 Å². The second-order valence-corrected chi connectivity index (χ2v) is 8.44. The lowest BCUT2D eigenvalue weighted by atomic mass is 9.94. The van der Waals surface area contributed by atoms with Gasteiger partial charge in [-0.3, -0.25) is 9.59 Å². The summed E-state index contributed by atoms with van der Waals surface area (Å²) in [6.07, 6.45) is 2.14. The number of hydrogen-bond acceptors (Lipinski definition) is 8. The normalized spacial score (nSPS) is 18.1. The smallest absolute Gasteiger partial charge is 0.295 e. The summed E-state index contributed by atoms with van der Waals surface area (Å²) in [5.41, 5.74) is 0.937. The maximum Gasteiger partial charge on any atom is 0.295 e. The maximum absolute atomic E-state index is 13.3. The molecule has 37 heavy (non-hydrogen) atoms. The van der Waals surface area contributed by atoms with Crippen LogP contribution in [0.25, 0.3) is 5.76 Å². The minimum Gasteiger partial charge on any atom is -0.507 e. The van der Waals surface area contributed by atoms with Crippen molar-refractivity contribution >= 4 is 17.4 Å². The Labute approximate surface area is 215 Å². The van der Waals surface area contributed by atoms with Crippen LogP contribution in [0.2, 0.25) is 0 Å². The van der Waals surface area contributed by atoms with Crippen molar-refractivity contribution in [2.24, 2.45) is 0 Å². The quantitative estimate of drug-likeness (QED) is 0.160. The molecule has 0 bridgehead atoms. The number of aliphatic hydroxyl groups is 1. The molecule has 0 spiro atoms. The van der Waals surface area contributed by atoms with E-state index in [1.54, 1.807) is 49.6 Å². The minimum absolute atomic E-state index is 0.0127. The zero-order valence-corrected chi connectivity index (χ0v) is 21.0. The average Bonchev–Trinajstić information content (AvgIpc) is 3.17. The van der Waals surface area contributed by atoms with Gasteiger partial charge in [0.15, 0.2) is 23.0 Å². The Hall–Kier alpha value is -3.98. The van der Waals surface area contributed by atoms with Gasteiger partial charge < -0.3 is 33.7 Å². The SMILES string of the molecule is C=CCOc1ccc([C@H]2/C(=C(\O)c3ccc4c(c3)OCCO4)C(=O)C(=O)N2CCCOC)cc1OCC. The molecule has 1 saturated heterocycles. The highest BCUT2D eigenvalue weighted by Crippen LogP contribution is 2.43. The molecule has 1 fully saturated rings. The predicted octanol–water partition coefficient (Wildman–Crippen LogP) is 3.88. The second kappa shape index (κ2) is 11.8. The van der Waals surface area contributed by atoms with Crippen LogP contribution >= 0.6 is 0 Å². The lowest BCUT2D eigenvalue weighted by molar-refractivity contribution is -0.140. The zero-order chi connectivity index (χ0) is 26.4. The third-order valence-electron chi connectivity index (χ3n) is 6.04. The second-order valence-electron chi connectivity index (χ2n) is 8.44. The van der Waals surface area contributed by atoms with E-state index in [4.69, 9.17) is 23.7 Å². The predicted molar refractivity (Wildman–Crippen MR) is 136 cm³/mol. The van der Waals surface area contributed by atoms with Crippen LogP contribution in [0.15, 0.2) is 54.6 Å². The molecular formula is C28H31NO8. The maximum atomic E-state index is 13.3. The Morgan fingerprint density at radius 1 is 1.11 bits per heavy atom. The van der Waals surface area contributed by atoms with E-state index in [0.29, 0.717) is 73.6 Å². The molecule has 2 heterocycles. The number of aliphatic hydroxyl groups excluding tert-OH is 1. The summed E-state index contributed by atoms with van der Waals surface area (Å²) in [4.78, 5) is 27.9. The number of fused-ring (bicyclic) bond motifs is 1. The summed E-state index contributed by atoms with van der Waals surface area (Å²) in [6, 6.07) is 9.30. The van der Waals surface area contributed by atoms with Gasteiger partial charge in [0.05, 0.1) is 18.2 Å². The van der Waals surface area contributed by atoms with Crippen LogP contribution < -0.4 is 18.9 Å². The highest BCUT2D eigenvalue weighted by Gasteiger charge is 2.46. The topological polar surface area (TPSA) is 104 Å². The number of likely N-dealkylation sites (tertiary alicyclic amines) is 1. The molecule has 9 heteroatoms. The van der Waals surface area contributed by atoms with Crippen molar-refractivity contribution in [1.29, 1.82) is 0 Å². The van der Waals surface area contributed by atoms with Crippen LogP contribution in [0.5, 0.6) is 23.0 Å². The molecule has 2 aromatic carbocycles. The average molecular weight is 510 g/mol. The van der Waals surface area contributed by atoms with Crippen LogP contribution in [0, 0.1) is 0 Å². The van der Waals surface area contributed by atoms with E-state index in [2.05, 4.69) is 6.58 Å². The fourth-order valence-electron chi connectivity index (χ4n) is 4.41. The fourth-order valence-corrected chi connectivity index (χ4v) is 4.41. The summed E-state index contributed by atoms with van der Waals surface area (Å²) >= 11 is 0. The van der Waals surface area contributed by atoms with Crippen molar-refractivity contribution < 1.29 is 38.4 Å². The lowest BCUT2D eigenvalue weighted by Crippen LogP contribution is -2.31. The number of Topliss-reactive ketones (excluding diaryl/α,β-unsaturated/α-hetero) is 1. The third-order valence-corrected chi connectivity index (χ3v) is 6.04. The molecule has 9 nitrogen and oxygen atoms in total. The van der Waals surface area contributed by atoms with Crippen LogP contribution in [0.3, 0.4) is 0 Å². The molecule has 0 aliphatic carbocycles. The van der Waals surface area contributed by atoms with Crippen LogP contribution in [0.4, 0.5) is 0 Å². The molecule has 196 valence electrons. The van der Waals surface area contributed by atoms with Crippen molar-refractivity contribution in [1.82, 2.24) is 4.90 Å². The number of amides is 1. The van der Waals surface area contributed by atoms with E-state index in [1.807, 2.05) is 6.92 Å². The Bertz CT molecular complexity index is 1200. The molecule has 4 rings (SSSR count). The van der Waals surface area contributed by atoms with Crippen molar-refractivity contribution in [2.45, 2.75) is 19.4 Å². The first-order valence-electron chi connectivity index (χ1n) is 12.2. The number of ether oxygens (including phenoxy) is 5. The summed E-state index contributed by atoms with van der Waals surface area (Å²) in [7, 11) is 1.57. The third kappa shape index (κ3) is 5.41. The van der Waals surface area contributed by atoms with Gasteiger partial charge in [-0.1, -0.05) is 18.7 Å². The number of carbonyl (C=O) groups is 2. The van der Waals surface area contributed by atoms with Gasteiger partial charge in [-0.25, -0.2) is 0 Å². The van der Waals surface area contributed by atoms with Gasteiger partial charge in [0, 0.05) is 25.8 Å².